The number of rotatable bonds is 5. The Bertz CT molecular complexity index is 609. The molecule has 0 bridgehead atoms. The van der Waals surface area contributed by atoms with Gasteiger partial charge in [0.15, 0.2) is 15.0 Å². The van der Waals surface area contributed by atoms with Crippen molar-refractivity contribution in [2.24, 2.45) is 0 Å². The van der Waals surface area contributed by atoms with E-state index >= 15 is 0 Å². The highest BCUT2D eigenvalue weighted by atomic mass is 32.2. The van der Waals surface area contributed by atoms with Crippen molar-refractivity contribution in [2.75, 3.05) is 23.5 Å². The van der Waals surface area contributed by atoms with Gasteiger partial charge < -0.3 is 10.0 Å². The van der Waals surface area contributed by atoms with Crippen LogP contribution in [0.1, 0.15) is 35.1 Å². The summed E-state index contributed by atoms with van der Waals surface area (Å²) in [6.07, 6.45) is 2.02. The SMILES string of the molecule is CCCc1nc(N(C)C2CCS(=O)(=O)C2)sc1C(=O)O. The molecule has 20 heavy (non-hydrogen) atoms. The van der Waals surface area contributed by atoms with Gasteiger partial charge in [0.2, 0.25) is 0 Å². The van der Waals surface area contributed by atoms with Crippen LogP contribution >= 0.6 is 11.3 Å². The van der Waals surface area contributed by atoms with Crippen molar-refractivity contribution < 1.29 is 18.3 Å². The predicted octanol–water partition coefficient (Wildman–Crippen LogP) is 1.42. The van der Waals surface area contributed by atoms with Crippen LogP contribution in [0.15, 0.2) is 0 Å². The predicted molar refractivity (Wildman–Crippen MR) is 78.5 cm³/mol. The molecule has 6 nitrogen and oxygen atoms in total. The Balaban J connectivity index is 2.24. The second-order valence-electron chi connectivity index (χ2n) is 5.00. The smallest absolute Gasteiger partial charge is 0.347 e. The van der Waals surface area contributed by atoms with Crippen LogP contribution < -0.4 is 4.90 Å². The molecule has 1 aromatic heterocycles. The van der Waals surface area contributed by atoms with E-state index in [1.165, 1.54) is 0 Å². The first-order valence-electron chi connectivity index (χ1n) is 6.50. The van der Waals surface area contributed by atoms with E-state index in [4.69, 9.17) is 0 Å². The van der Waals surface area contributed by atoms with Gasteiger partial charge in [0.1, 0.15) is 4.88 Å². The van der Waals surface area contributed by atoms with E-state index in [1.807, 2.05) is 6.92 Å². The molecule has 0 amide bonds. The summed E-state index contributed by atoms with van der Waals surface area (Å²) in [5.41, 5.74) is 0.590. The summed E-state index contributed by atoms with van der Waals surface area (Å²) in [6.45, 7) is 1.97. The molecule has 1 atom stereocenters. The first-order chi connectivity index (χ1) is 9.34. The first kappa shape index (κ1) is 15.2. The Labute approximate surface area is 122 Å². The quantitative estimate of drug-likeness (QED) is 0.883. The maximum absolute atomic E-state index is 11.5. The lowest BCUT2D eigenvalue weighted by atomic mass is 10.2. The average Bonchev–Trinajstić information content (AvgIpc) is 2.92. The number of aryl methyl sites for hydroxylation is 1. The van der Waals surface area contributed by atoms with Crippen LogP contribution in [0, 0.1) is 0 Å². The highest BCUT2D eigenvalue weighted by Gasteiger charge is 2.32. The summed E-state index contributed by atoms with van der Waals surface area (Å²) in [5, 5.41) is 9.78. The standard InChI is InChI=1S/C12H18N2O4S2/c1-3-4-9-10(11(15)16)19-12(13-9)14(2)8-5-6-20(17,18)7-8/h8H,3-7H2,1-2H3,(H,15,16). The number of anilines is 1. The third kappa shape index (κ3) is 3.12. The van der Waals surface area contributed by atoms with Crippen LogP contribution in [-0.4, -0.2) is 49.1 Å². The lowest BCUT2D eigenvalue weighted by Crippen LogP contribution is -2.32. The van der Waals surface area contributed by atoms with Crippen molar-refractivity contribution in [1.82, 2.24) is 4.98 Å². The lowest BCUT2D eigenvalue weighted by Gasteiger charge is -2.22. The topological polar surface area (TPSA) is 87.6 Å². The van der Waals surface area contributed by atoms with E-state index in [-0.39, 0.29) is 22.4 Å². The number of hydrogen-bond acceptors (Lipinski definition) is 6. The highest BCUT2D eigenvalue weighted by molar-refractivity contribution is 7.91. The van der Waals surface area contributed by atoms with Gasteiger partial charge in [0.05, 0.1) is 17.2 Å². The van der Waals surface area contributed by atoms with Gasteiger partial charge in [0.25, 0.3) is 0 Å². The van der Waals surface area contributed by atoms with Crippen LogP contribution in [0.25, 0.3) is 0 Å². The molecule has 0 saturated carbocycles. The van der Waals surface area contributed by atoms with Crippen molar-refractivity contribution in [3.63, 3.8) is 0 Å². The fraction of sp³-hybridized carbons (Fsp3) is 0.667. The molecule has 1 saturated heterocycles. The lowest BCUT2D eigenvalue weighted by molar-refractivity contribution is 0.0700. The Morgan fingerprint density at radius 3 is 2.75 bits per heavy atom. The fourth-order valence-electron chi connectivity index (χ4n) is 2.30. The molecule has 8 heteroatoms. The van der Waals surface area contributed by atoms with E-state index in [9.17, 15) is 18.3 Å². The van der Waals surface area contributed by atoms with E-state index in [1.54, 1.807) is 11.9 Å². The summed E-state index contributed by atoms with van der Waals surface area (Å²) in [7, 11) is -1.18. The number of carbonyl (C=O) groups is 1. The normalized spacial score (nSPS) is 21.0. The van der Waals surface area contributed by atoms with Gasteiger partial charge >= 0.3 is 5.97 Å². The average molecular weight is 318 g/mol. The van der Waals surface area contributed by atoms with Crippen LogP contribution in [0.2, 0.25) is 0 Å². The third-order valence-electron chi connectivity index (χ3n) is 3.42. The summed E-state index contributed by atoms with van der Waals surface area (Å²) in [5.74, 6) is -0.653. The molecule has 1 N–H and O–H groups in total. The zero-order valence-corrected chi connectivity index (χ0v) is 13.1. The summed E-state index contributed by atoms with van der Waals surface area (Å²) in [6, 6.07) is -0.109. The molecule has 2 rings (SSSR count). The van der Waals surface area contributed by atoms with Gasteiger partial charge in [-0.3, -0.25) is 0 Å². The van der Waals surface area contributed by atoms with Crippen molar-refractivity contribution >= 4 is 32.3 Å². The Kier molecular flexibility index (Phi) is 4.33. The Hall–Kier alpha value is -1.15. The number of carboxylic acids is 1. The monoisotopic (exact) mass is 318 g/mol. The van der Waals surface area contributed by atoms with Gasteiger partial charge in [-0.05, 0) is 12.8 Å². The molecule has 2 heterocycles. The van der Waals surface area contributed by atoms with Gasteiger partial charge in [-0.1, -0.05) is 24.7 Å². The molecule has 1 aromatic rings. The molecule has 0 aromatic carbocycles. The maximum Gasteiger partial charge on any atom is 0.347 e. The second kappa shape index (κ2) is 5.69. The highest BCUT2D eigenvalue weighted by Crippen LogP contribution is 2.30. The van der Waals surface area contributed by atoms with Crippen LogP contribution in [0.5, 0.6) is 0 Å². The van der Waals surface area contributed by atoms with E-state index < -0.39 is 15.8 Å². The summed E-state index contributed by atoms with van der Waals surface area (Å²) >= 11 is 1.12. The molecule has 1 unspecified atom stereocenters. The molecule has 0 aliphatic carbocycles. The number of hydrogen-bond donors (Lipinski definition) is 1. The molecule has 1 fully saturated rings. The van der Waals surface area contributed by atoms with Gasteiger partial charge in [-0.2, -0.15) is 0 Å². The third-order valence-corrected chi connectivity index (χ3v) is 6.35. The molecule has 112 valence electrons. The summed E-state index contributed by atoms with van der Waals surface area (Å²) < 4.78 is 23.0. The van der Waals surface area contributed by atoms with Crippen LogP contribution in [0.4, 0.5) is 5.13 Å². The number of aromatic carboxylic acids is 1. The molecule has 1 aliphatic rings. The molecular formula is C12H18N2O4S2. The largest absolute Gasteiger partial charge is 0.477 e. The molecule has 1 aliphatic heterocycles. The van der Waals surface area contributed by atoms with E-state index in [0.29, 0.717) is 23.7 Å². The minimum Gasteiger partial charge on any atom is -0.477 e. The number of sulfone groups is 1. The van der Waals surface area contributed by atoms with E-state index in [0.717, 1.165) is 17.8 Å². The maximum atomic E-state index is 11.5. The van der Waals surface area contributed by atoms with Gasteiger partial charge in [0, 0.05) is 13.1 Å². The Morgan fingerprint density at radius 2 is 2.25 bits per heavy atom. The molecule has 0 spiro atoms. The number of aromatic nitrogens is 1. The molecular weight excluding hydrogens is 300 g/mol. The van der Waals surface area contributed by atoms with Crippen LogP contribution in [-0.2, 0) is 16.3 Å². The first-order valence-corrected chi connectivity index (χ1v) is 9.14. The van der Waals surface area contributed by atoms with Gasteiger partial charge in [-0.15, -0.1) is 0 Å². The summed E-state index contributed by atoms with van der Waals surface area (Å²) in [4.78, 5) is 17.7. The Morgan fingerprint density at radius 1 is 1.55 bits per heavy atom. The van der Waals surface area contributed by atoms with Crippen molar-refractivity contribution in [1.29, 1.82) is 0 Å². The minimum atomic E-state index is -2.96. The zero-order chi connectivity index (χ0) is 14.9. The molecule has 0 radical (unpaired) electrons. The van der Waals surface area contributed by atoms with Crippen molar-refractivity contribution in [2.45, 2.75) is 32.2 Å². The fourth-order valence-corrected chi connectivity index (χ4v) is 5.06. The van der Waals surface area contributed by atoms with Crippen LogP contribution in [0.3, 0.4) is 0 Å². The number of nitrogens with zero attached hydrogens (tertiary/aromatic N) is 2. The van der Waals surface area contributed by atoms with Crippen molar-refractivity contribution in [3.05, 3.63) is 10.6 Å². The minimum absolute atomic E-state index is 0.109. The number of thiazole rings is 1. The van der Waals surface area contributed by atoms with Crippen molar-refractivity contribution in [3.8, 4) is 0 Å². The second-order valence-corrected chi connectivity index (χ2v) is 8.20. The van der Waals surface area contributed by atoms with E-state index in [2.05, 4.69) is 4.98 Å². The number of carboxylic acid groups (broad SMARTS) is 1. The van der Waals surface area contributed by atoms with Gasteiger partial charge in [-0.25, -0.2) is 18.2 Å². The zero-order valence-electron chi connectivity index (χ0n) is 11.5.